The molecular formula is C42H64N2S4Sn2. The molecule has 0 aliphatic heterocycles. The van der Waals surface area contributed by atoms with Gasteiger partial charge in [0.05, 0.1) is 0 Å². The van der Waals surface area contributed by atoms with E-state index in [1.807, 2.05) is 45.3 Å². The van der Waals surface area contributed by atoms with Crippen molar-refractivity contribution < 1.29 is 0 Å². The first-order valence-electron chi connectivity index (χ1n) is 19.5. The van der Waals surface area contributed by atoms with E-state index < -0.39 is 36.8 Å². The Kier molecular flexibility index (Phi) is 14.5. The van der Waals surface area contributed by atoms with E-state index in [2.05, 4.69) is 95.4 Å². The topological polar surface area (TPSA) is 25.8 Å². The molecule has 2 nitrogen and oxygen atoms in total. The summed E-state index contributed by atoms with van der Waals surface area (Å²) in [6.07, 6.45) is 13.0. The van der Waals surface area contributed by atoms with Gasteiger partial charge in [0.15, 0.2) is 0 Å². The van der Waals surface area contributed by atoms with Crippen molar-refractivity contribution in [2.45, 2.75) is 135 Å². The molecule has 2 atom stereocenters. The zero-order valence-electron chi connectivity index (χ0n) is 33.2. The molecule has 0 aliphatic rings. The molecular weight excluding hydrogens is 898 g/mol. The number of nitrogens with zero attached hydrogens (tertiary/aromatic N) is 2. The predicted molar refractivity (Wildman–Crippen MR) is 238 cm³/mol. The van der Waals surface area contributed by atoms with E-state index in [9.17, 15) is 0 Å². The van der Waals surface area contributed by atoms with Crippen molar-refractivity contribution in [2.24, 2.45) is 23.7 Å². The molecule has 0 aliphatic carbocycles. The van der Waals surface area contributed by atoms with Crippen molar-refractivity contribution in [3.63, 3.8) is 0 Å². The van der Waals surface area contributed by atoms with Gasteiger partial charge in [-0.1, -0.05) is 40.5 Å². The van der Waals surface area contributed by atoms with Crippen molar-refractivity contribution >= 4 is 109 Å². The van der Waals surface area contributed by atoms with Crippen molar-refractivity contribution in [3.05, 3.63) is 34.0 Å². The van der Waals surface area contributed by atoms with Gasteiger partial charge in [-0.2, -0.15) is 0 Å². The second-order valence-electron chi connectivity index (χ2n) is 18.1. The van der Waals surface area contributed by atoms with Gasteiger partial charge < -0.3 is 0 Å². The molecule has 2 unspecified atom stereocenters. The van der Waals surface area contributed by atoms with Gasteiger partial charge in [0.25, 0.3) is 0 Å². The Hall–Kier alpha value is -0.00260. The Morgan fingerprint density at radius 3 is 1.22 bits per heavy atom. The van der Waals surface area contributed by atoms with E-state index in [4.69, 9.17) is 9.97 Å². The molecule has 0 amide bonds. The van der Waals surface area contributed by atoms with Crippen LogP contribution in [-0.4, -0.2) is 46.7 Å². The average Bonchev–Trinajstić information content (AvgIpc) is 3.82. The van der Waals surface area contributed by atoms with Crippen LogP contribution >= 0.6 is 45.3 Å². The van der Waals surface area contributed by atoms with Crippen LogP contribution in [0.25, 0.3) is 41.3 Å². The second kappa shape index (κ2) is 17.6. The summed E-state index contributed by atoms with van der Waals surface area (Å²) >= 11 is 3.15. The SMILES string of the molecule is CC(C)CCCC(C)CCc1ccc(-c2c3n[c]([Sn]([CH3])([CH3])[CH3])sc3c(-c3ccc(CCC(C)CCCC(C)C)s3)c3n[c]([Sn]([CH3])([CH3])[CH3])sc23)s1. The van der Waals surface area contributed by atoms with Crippen LogP contribution in [0.15, 0.2) is 24.3 Å². The molecule has 5 aromatic rings. The van der Waals surface area contributed by atoms with Crippen LogP contribution in [0.2, 0.25) is 29.6 Å². The Labute approximate surface area is 329 Å². The minimum atomic E-state index is -2.46. The second-order valence-corrected chi connectivity index (χ2v) is 52.9. The molecule has 0 saturated heterocycles. The maximum absolute atomic E-state index is 5.63. The fourth-order valence-electron chi connectivity index (χ4n) is 6.74. The van der Waals surface area contributed by atoms with Gasteiger partial charge in [-0.05, 0) is 11.8 Å². The molecule has 0 radical (unpaired) electrons. The van der Waals surface area contributed by atoms with Gasteiger partial charge in [-0.25, -0.2) is 0 Å². The number of fused-ring (bicyclic) bond motifs is 2. The van der Waals surface area contributed by atoms with Gasteiger partial charge in [0.1, 0.15) is 0 Å². The standard InChI is InChI=1S/C36H46N2S4.6CH3.2Sn/c1-23(2)9-7-11-25(5)13-15-27-17-19-29(41-27)31-33-36(40-21-37-33)32(34-35(31)39-22-38-34)30-20-18-28(42-30)16-14-26(6)12-8-10-24(3)4;;;;;;;;/h17-20,23-26H,7-16H2,1-6H3;6*1H3;;. The number of hydrogen-bond donors (Lipinski definition) is 0. The predicted octanol–water partition coefficient (Wildman–Crippen LogP) is 14.2. The Morgan fingerprint density at radius 2 is 0.880 bits per heavy atom. The minimum absolute atomic E-state index is 0.782. The van der Waals surface area contributed by atoms with E-state index in [0.29, 0.717) is 0 Å². The number of rotatable bonds is 18. The van der Waals surface area contributed by atoms with E-state index in [1.54, 1.807) is 0 Å². The van der Waals surface area contributed by atoms with Gasteiger partial charge in [0.2, 0.25) is 0 Å². The molecule has 0 bridgehead atoms. The summed E-state index contributed by atoms with van der Waals surface area (Å²) in [6, 6.07) is 9.68. The van der Waals surface area contributed by atoms with Crippen LogP contribution in [0.4, 0.5) is 0 Å². The summed E-state index contributed by atoms with van der Waals surface area (Å²) in [4.78, 5) is 32.2. The van der Waals surface area contributed by atoms with E-state index >= 15 is 0 Å². The molecule has 0 N–H and O–H groups in total. The molecule has 0 saturated carbocycles. The van der Waals surface area contributed by atoms with Crippen molar-refractivity contribution in [3.8, 4) is 20.9 Å². The van der Waals surface area contributed by atoms with Crippen LogP contribution in [0.1, 0.15) is 103 Å². The first-order chi connectivity index (χ1) is 23.5. The van der Waals surface area contributed by atoms with Crippen molar-refractivity contribution in [2.75, 3.05) is 0 Å². The Bertz CT molecular complexity index is 1660. The van der Waals surface area contributed by atoms with Gasteiger partial charge in [-0.3, -0.25) is 0 Å². The summed E-state index contributed by atoms with van der Waals surface area (Å²) in [5.74, 6) is 3.18. The molecule has 274 valence electrons. The fraction of sp³-hybridized carbons (Fsp3) is 0.619. The third-order valence-electron chi connectivity index (χ3n) is 10.0. The third kappa shape index (κ3) is 10.6. The number of thiazole rings is 2. The molecule has 8 heteroatoms. The van der Waals surface area contributed by atoms with E-state index in [-0.39, 0.29) is 0 Å². The first-order valence-corrected chi connectivity index (χ1v) is 42.7. The molecule has 1 aromatic carbocycles. The van der Waals surface area contributed by atoms with E-state index in [1.165, 1.54) is 121 Å². The monoisotopic (exact) mass is 964 g/mol. The zero-order chi connectivity index (χ0) is 36.4. The summed E-state index contributed by atoms with van der Waals surface area (Å²) in [5.41, 5.74) is 5.26. The van der Waals surface area contributed by atoms with Crippen LogP contribution in [-0.2, 0) is 12.8 Å². The summed E-state index contributed by atoms with van der Waals surface area (Å²) in [7, 11) is 0. The number of thiophene rings is 2. The summed E-state index contributed by atoms with van der Waals surface area (Å²) < 4.78 is 5.64. The summed E-state index contributed by atoms with van der Waals surface area (Å²) in [6.45, 7) is 14.3. The number of aromatic nitrogens is 2. The average molecular weight is 963 g/mol. The van der Waals surface area contributed by atoms with Gasteiger partial charge >= 0.3 is 280 Å². The molecule has 4 heterocycles. The molecule has 4 aromatic heterocycles. The Morgan fingerprint density at radius 1 is 0.500 bits per heavy atom. The molecule has 5 rings (SSSR count). The number of benzene rings is 1. The molecule has 0 fully saturated rings. The molecule has 0 spiro atoms. The van der Waals surface area contributed by atoms with Crippen molar-refractivity contribution in [1.82, 2.24) is 9.97 Å². The number of aryl methyl sites for hydroxylation is 2. The van der Waals surface area contributed by atoms with Gasteiger partial charge in [0, 0.05) is 0 Å². The third-order valence-corrected chi connectivity index (χ3v) is 32.0. The fourth-order valence-corrected chi connectivity index (χ4v) is 20.9. The zero-order valence-corrected chi connectivity index (χ0v) is 42.2. The van der Waals surface area contributed by atoms with Crippen LogP contribution in [0.3, 0.4) is 0 Å². The molecule has 50 heavy (non-hydrogen) atoms. The first kappa shape index (κ1) is 41.2. The number of hydrogen-bond acceptors (Lipinski definition) is 6. The maximum atomic E-state index is 5.63. The van der Waals surface area contributed by atoms with E-state index in [0.717, 1.165) is 23.7 Å². The normalized spacial score (nSPS) is 14.2. The quantitative estimate of drug-likeness (QED) is 0.0818. The summed E-state index contributed by atoms with van der Waals surface area (Å²) in [5, 5.41) is 0. The Balaban J connectivity index is 1.54. The van der Waals surface area contributed by atoms with Crippen LogP contribution < -0.4 is 6.05 Å². The van der Waals surface area contributed by atoms with Gasteiger partial charge in [-0.15, -0.1) is 0 Å². The van der Waals surface area contributed by atoms with Crippen LogP contribution in [0, 0.1) is 23.7 Å². The van der Waals surface area contributed by atoms with Crippen LogP contribution in [0.5, 0.6) is 0 Å². The van der Waals surface area contributed by atoms with Crippen molar-refractivity contribution in [1.29, 1.82) is 0 Å².